The summed E-state index contributed by atoms with van der Waals surface area (Å²) in [6, 6.07) is 4.82. The minimum Gasteiger partial charge on any atom is -0.481 e. The van der Waals surface area contributed by atoms with Crippen molar-refractivity contribution in [1.29, 1.82) is 0 Å². The van der Waals surface area contributed by atoms with Gasteiger partial charge < -0.3 is 10.0 Å². The van der Waals surface area contributed by atoms with E-state index in [1.165, 1.54) is 0 Å². The van der Waals surface area contributed by atoms with Gasteiger partial charge in [0.05, 0.1) is 26.8 Å². The molecule has 0 spiro atoms. The molecule has 0 saturated heterocycles. The number of carbonyl (C=O) groups is 2. The van der Waals surface area contributed by atoms with Crippen LogP contribution in [-0.2, 0) is 20.4 Å². The number of nitrogens with zero attached hydrogens (tertiary/aromatic N) is 1. The zero-order valence-corrected chi connectivity index (χ0v) is 20.9. The van der Waals surface area contributed by atoms with E-state index in [-0.39, 0.29) is 18.1 Å². The van der Waals surface area contributed by atoms with Crippen LogP contribution in [0, 0.1) is 5.92 Å². The van der Waals surface area contributed by atoms with E-state index in [2.05, 4.69) is 13.8 Å². The van der Waals surface area contributed by atoms with E-state index in [1.54, 1.807) is 18.2 Å². The lowest BCUT2D eigenvalue weighted by Crippen LogP contribution is -2.39. The number of rotatable bonds is 16. The average molecular weight is 493 g/mol. The SMILES string of the molecule is CCCCCN(CCCCC)C(=O)C(CCCC(=O)O)CS(=O)c1ccc(Cl)c(Cl)c1. The molecule has 31 heavy (non-hydrogen) atoms. The Morgan fingerprint density at radius 1 is 1.00 bits per heavy atom. The van der Waals surface area contributed by atoms with E-state index in [4.69, 9.17) is 28.3 Å². The molecule has 0 aliphatic rings. The molecular formula is C23H35Cl2NO4S. The van der Waals surface area contributed by atoms with Crippen molar-refractivity contribution in [3.05, 3.63) is 28.2 Å². The van der Waals surface area contributed by atoms with Gasteiger partial charge in [-0.05, 0) is 43.9 Å². The summed E-state index contributed by atoms with van der Waals surface area (Å²) in [5.74, 6) is -1.25. The van der Waals surface area contributed by atoms with Crippen LogP contribution in [0.5, 0.6) is 0 Å². The molecular weight excluding hydrogens is 457 g/mol. The molecule has 2 atom stereocenters. The van der Waals surface area contributed by atoms with Gasteiger partial charge in [0.1, 0.15) is 0 Å². The van der Waals surface area contributed by atoms with Crippen LogP contribution in [0.1, 0.15) is 71.6 Å². The Balaban J connectivity index is 2.96. The highest BCUT2D eigenvalue weighted by Crippen LogP contribution is 2.26. The average Bonchev–Trinajstić information content (AvgIpc) is 2.73. The number of benzene rings is 1. The first-order valence-electron chi connectivity index (χ1n) is 11.1. The van der Waals surface area contributed by atoms with Crippen molar-refractivity contribution in [3.8, 4) is 0 Å². The third-order valence-electron chi connectivity index (χ3n) is 5.17. The largest absolute Gasteiger partial charge is 0.481 e. The highest BCUT2D eigenvalue weighted by atomic mass is 35.5. The number of unbranched alkanes of at least 4 members (excludes halogenated alkanes) is 4. The van der Waals surface area contributed by atoms with E-state index >= 15 is 0 Å². The van der Waals surface area contributed by atoms with Gasteiger partial charge in [-0.3, -0.25) is 13.8 Å². The molecule has 0 saturated carbocycles. The molecule has 1 rings (SSSR count). The first kappa shape index (κ1) is 27.9. The van der Waals surface area contributed by atoms with Gasteiger partial charge in [0, 0.05) is 30.2 Å². The van der Waals surface area contributed by atoms with E-state index in [9.17, 15) is 13.8 Å². The van der Waals surface area contributed by atoms with Gasteiger partial charge in [-0.25, -0.2) is 0 Å². The van der Waals surface area contributed by atoms with Crippen molar-refractivity contribution < 1.29 is 18.9 Å². The molecule has 2 unspecified atom stereocenters. The van der Waals surface area contributed by atoms with Crippen molar-refractivity contribution in [2.45, 2.75) is 76.5 Å². The summed E-state index contributed by atoms with van der Waals surface area (Å²) in [7, 11) is -1.44. The summed E-state index contributed by atoms with van der Waals surface area (Å²) in [4.78, 5) is 26.8. The number of carboxylic acid groups (broad SMARTS) is 1. The van der Waals surface area contributed by atoms with Crippen LogP contribution >= 0.6 is 23.2 Å². The number of hydrogen-bond acceptors (Lipinski definition) is 3. The van der Waals surface area contributed by atoms with Crippen LogP contribution in [0.25, 0.3) is 0 Å². The van der Waals surface area contributed by atoms with Crippen LogP contribution in [0.2, 0.25) is 10.0 Å². The molecule has 8 heteroatoms. The lowest BCUT2D eigenvalue weighted by molar-refractivity contribution is -0.138. The fourth-order valence-corrected chi connectivity index (χ4v) is 5.07. The predicted molar refractivity (Wildman–Crippen MR) is 128 cm³/mol. The molecule has 0 heterocycles. The lowest BCUT2D eigenvalue weighted by Gasteiger charge is -2.27. The van der Waals surface area contributed by atoms with E-state index in [0.29, 0.717) is 40.9 Å². The molecule has 0 fully saturated rings. The Labute approximate surface area is 198 Å². The fourth-order valence-electron chi connectivity index (χ4n) is 3.37. The Morgan fingerprint density at radius 2 is 1.61 bits per heavy atom. The summed E-state index contributed by atoms with van der Waals surface area (Å²) in [5, 5.41) is 9.70. The van der Waals surface area contributed by atoms with Gasteiger partial charge in [-0.1, -0.05) is 62.7 Å². The second-order valence-electron chi connectivity index (χ2n) is 7.81. The first-order chi connectivity index (χ1) is 14.8. The molecule has 1 aromatic rings. The van der Waals surface area contributed by atoms with Crippen molar-refractivity contribution in [2.75, 3.05) is 18.8 Å². The maximum atomic E-state index is 13.4. The fraction of sp³-hybridized carbons (Fsp3) is 0.652. The van der Waals surface area contributed by atoms with Crippen LogP contribution in [-0.4, -0.2) is 44.9 Å². The minimum absolute atomic E-state index is 0.00510. The van der Waals surface area contributed by atoms with Crippen LogP contribution < -0.4 is 0 Å². The number of amides is 1. The van der Waals surface area contributed by atoms with Crippen molar-refractivity contribution in [1.82, 2.24) is 4.90 Å². The van der Waals surface area contributed by atoms with Gasteiger partial charge in [-0.2, -0.15) is 0 Å². The van der Waals surface area contributed by atoms with Crippen LogP contribution in [0.4, 0.5) is 0 Å². The monoisotopic (exact) mass is 491 g/mol. The van der Waals surface area contributed by atoms with Gasteiger partial charge in [0.2, 0.25) is 5.91 Å². The van der Waals surface area contributed by atoms with Gasteiger partial charge in [0.25, 0.3) is 0 Å². The molecule has 1 amide bonds. The van der Waals surface area contributed by atoms with Crippen LogP contribution in [0.15, 0.2) is 23.1 Å². The maximum Gasteiger partial charge on any atom is 0.303 e. The van der Waals surface area contributed by atoms with Crippen LogP contribution in [0.3, 0.4) is 0 Å². The zero-order chi connectivity index (χ0) is 23.2. The Kier molecular flexibility index (Phi) is 14.1. The first-order valence-corrected chi connectivity index (χ1v) is 13.2. The smallest absolute Gasteiger partial charge is 0.303 e. The predicted octanol–water partition coefficient (Wildman–Crippen LogP) is 6.18. The second kappa shape index (κ2) is 15.7. The number of halogens is 2. The van der Waals surface area contributed by atoms with E-state index < -0.39 is 22.7 Å². The number of aliphatic carboxylic acids is 1. The Bertz CT molecular complexity index is 720. The summed E-state index contributed by atoms with van der Waals surface area (Å²) in [6.45, 7) is 5.62. The minimum atomic E-state index is -1.44. The van der Waals surface area contributed by atoms with E-state index in [0.717, 1.165) is 38.5 Å². The summed E-state index contributed by atoms with van der Waals surface area (Å²) in [5.41, 5.74) is 0. The highest BCUT2D eigenvalue weighted by Gasteiger charge is 2.26. The quantitative estimate of drug-likeness (QED) is 0.280. The molecule has 0 aliphatic heterocycles. The summed E-state index contributed by atoms with van der Waals surface area (Å²) < 4.78 is 13.0. The standard InChI is InChI=1S/C23H35Cl2NO4S/c1-3-5-7-14-26(15-8-6-4-2)23(29)18(10-9-11-22(27)28)17-31(30)19-12-13-20(24)21(25)16-19/h12-13,16,18H,3-11,14-15,17H2,1-2H3,(H,27,28). The van der Waals surface area contributed by atoms with E-state index in [1.807, 2.05) is 4.90 Å². The molecule has 176 valence electrons. The third-order valence-corrected chi connectivity index (χ3v) is 7.40. The maximum absolute atomic E-state index is 13.4. The molecule has 0 aliphatic carbocycles. The summed E-state index contributed by atoms with van der Waals surface area (Å²) >= 11 is 12.0. The van der Waals surface area contributed by atoms with Gasteiger partial charge >= 0.3 is 5.97 Å². The van der Waals surface area contributed by atoms with Crippen molar-refractivity contribution in [2.24, 2.45) is 5.92 Å². The lowest BCUT2D eigenvalue weighted by atomic mass is 10.0. The zero-order valence-electron chi connectivity index (χ0n) is 18.6. The highest BCUT2D eigenvalue weighted by molar-refractivity contribution is 7.85. The Morgan fingerprint density at radius 3 is 2.13 bits per heavy atom. The van der Waals surface area contributed by atoms with Crippen molar-refractivity contribution >= 4 is 45.9 Å². The normalized spacial score (nSPS) is 13.0. The molecule has 0 radical (unpaired) electrons. The number of hydrogen-bond donors (Lipinski definition) is 1. The number of carbonyl (C=O) groups excluding carboxylic acids is 1. The molecule has 1 aromatic carbocycles. The molecule has 0 aromatic heterocycles. The Hall–Kier alpha value is -1.11. The van der Waals surface area contributed by atoms with Gasteiger partial charge in [0.15, 0.2) is 0 Å². The molecule has 0 bridgehead atoms. The number of carboxylic acids is 1. The molecule has 1 N–H and O–H groups in total. The third kappa shape index (κ3) is 10.8. The summed E-state index contributed by atoms with van der Waals surface area (Å²) in [6.07, 6.45) is 6.89. The molecule has 5 nitrogen and oxygen atoms in total. The topological polar surface area (TPSA) is 74.7 Å². The van der Waals surface area contributed by atoms with Gasteiger partial charge in [-0.15, -0.1) is 0 Å². The second-order valence-corrected chi connectivity index (χ2v) is 10.1. The van der Waals surface area contributed by atoms with Crippen molar-refractivity contribution in [3.63, 3.8) is 0 Å².